The van der Waals surface area contributed by atoms with E-state index in [0.29, 0.717) is 13.0 Å². The Morgan fingerprint density at radius 1 is 1.39 bits per heavy atom. The average molecular weight is 416 g/mol. The minimum atomic E-state index is -0.913. The molecule has 2 aromatic rings. The third kappa shape index (κ3) is 4.00. The maximum atomic E-state index is 13.5. The maximum Gasteiger partial charge on any atom is 0.192 e. The van der Waals surface area contributed by atoms with Crippen LogP contribution in [0.1, 0.15) is 35.5 Å². The van der Waals surface area contributed by atoms with Crippen molar-refractivity contribution < 1.29 is 9.13 Å². The number of aromatic nitrogens is 2. The lowest BCUT2D eigenvalue weighted by atomic mass is 9.86. The van der Waals surface area contributed by atoms with Gasteiger partial charge in [-0.25, -0.2) is 14.4 Å². The molecule has 2 aliphatic rings. The fourth-order valence-corrected chi connectivity index (χ4v) is 4.40. The molecular weight excluding hydrogens is 393 g/mol. The number of ether oxygens (including phenoxy) is 1. The normalized spacial score (nSPS) is 24.2. The van der Waals surface area contributed by atoms with Gasteiger partial charge in [0.1, 0.15) is 12.8 Å². The summed E-state index contributed by atoms with van der Waals surface area (Å²) in [5, 5.41) is 2.90. The Hall–Kier alpha value is -2.12. The third-order valence-electron chi connectivity index (χ3n) is 4.92. The number of nitrogens with one attached hydrogen (secondary N) is 1. The number of hydrogen-bond donors (Lipinski definition) is 1. The summed E-state index contributed by atoms with van der Waals surface area (Å²) in [4.78, 5) is 13.8. The van der Waals surface area contributed by atoms with Crippen LogP contribution in [0.2, 0.25) is 0 Å². The monoisotopic (exact) mass is 415 g/mol. The molecule has 1 N–H and O–H groups in total. The number of aliphatic imine (C=N–C) groups is 1. The SMILES string of the molecule is CSc1nc(C2=CCC(F)C=C2)c(C2C=CN=C(OCc3cccs3)C2C)[nH]1. The highest BCUT2D eigenvalue weighted by Crippen LogP contribution is 2.36. The first kappa shape index (κ1) is 19.2. The average Bonchev–Trinajstić information content (AvgIpc) is 3.37. The van der Waals surface area contributed by atoms with Crippen LogP contribution in [0.25, 0.3) is 5.57 Å². The number of alkyl halides is 1. The Morgan fingerprint density at radius 2 is 2.29 bits per heavy atom. The highest BCUT2D eigenvalue weighted by molar-refractivity contribution is 7.98. The predicted octanol–water partition coefficient (Wildman–Crippen LogP) is 5.74. The molecular formula is C21H22FN3OS2. The van der Waals surface area contributed by atoms with Crippen LogP contribution >= 0.6 is 23.1 Å². The summed E-state index contributed by atoms with van der Waals surface area (Å²) in [6, 6.07) is 4.08. The fourth-order valence-electron chi connectivity index (χ4n) is 3.39. The Kier molecular flexibility index (Phi) is 5.82. The van der Waals surface area contributed by atoms with E-state index in [-0.39, 0.29) is 11.8 Å². The second kappa shape index (κ2) is 8.49. The number of thiophene rings is 1. The minimum absolute atomic E-state index is 0.0663. The number of aromatic amines is 1. The van der Waals surface area contributed by atoms with Crippen LogP contribution in [0, 0.1) is 5.92 Å². The molecule has 146 valence electrons. The van der Waals surface area contributed by atoms with E-state index in [0.717, 1.165) is 28.0 Å². The summed E-state index contributed by atoms with van der Waals surface area (Å²) < 4.78 is 19.5. The van der Waals surface area contributed by atoms with Gasteiger partial charge in [0, 0.05) is 29.3 Å². The van der Waals surface area contributed by atoms with E-state index in [1.165, 1.54) is 4.88 Å². The number of halogens is 1. The van der Waals surface area contributed by atoms with Crippen molar-refractivity contribution in [3.05, 3.63) is 64.3 Å². The van der Waals surface area contributed by atoms with Gasteiger partial charge in [-0.15, -0.1) is 11.3 Å². The molecule has 0 aromatic carbocycles. The molecule has 0 bridgehead atoms. The van der Waals surface area contributed by atoms with E-state index in [1.807, 2.05) is 29.9 Å². The smallest absolute Gasteiger partial charge is 0.192 e. The largest absolute Gasteiger partial charge is 0.475 e. The van der Waals surface area contributed by atoms with Gasteiger partial charge in [0.25, 0.3) is 0 Å². The summed E-state index contributed by atoms with van der Waals surface area (Å²) in [5.41, 5.74) is 2.87. The number of imidazole rings is 1. The molecule has 0 amide bonds. The lowest BCUT2D eigenvalue weighted by Crippen LogP contribution is -2.24. The number of allylic oxidation sites excluding steroid dienone is 5. The van der Waals surface area contributed by atoms with Crippen LogP contribution in [0.4, 0.5) is 4.39 Å². The molecule has 28 heavy (non-hydrogen) atoms. The van der Waals surface area contributed by atoms with Crippen molar-refractivity contribution in [2.75, 3.05) is 6.26 Å². The Bertz CT molecular complexity index is 943. The van der Waals surface area contributed by atoms with Gasteiger partial charge in [0.05, 0.1) is 11.4 Å². The molecule has 0 fully saturated rings. The molecule has 0 saturated heterocycles. The topological polar surface area (TPSA) is 50.3 Å². The van der Waals surface area contributed by atoms with Crippen molar-refractivity contribution in [2.45, 2.75) is 37.2 Å². The summed E-state index contributed by atoms with van der Waals surface area (Å²) >= 11 is 3.24. The fraction of sp³-hybridized carbons (Fsp3) is 0.333. The van der Waals surface area contributed by atoms with Crippen LogP contribution < -0.4 is 0 Å². The summed E-state index contributed by atoms with van der Waals surface area (Å²) in [5.74, 6) is 0.863. The van der Waals surface area contributed by atoms with Crippen molar-refractivity contribution in [3.8, 4) is 0 Å². The first-order valence-electron chi connectivity index (χ1n) is 9.22. The van der Waals surface area contributed by atoms with Gasteiger partial charge in [0.2, 0.25) is 0 Å². The van der Waals surface area contributed by atoms with Crippen molar-refractivity contribution >= 4 is 34.6 Å². The molecule has 4 rings (SSSR count). The number of hydrogen-bond acceptors (Lipinski definition) is 5. The van der Waals surface area contributed by atoms with Gasteiger partial charge in [-0.3, -0.25) is 0 Å². The minimum Gasteiger partial charge on any atom is -0.475 e. The Morgan fingerprint density at radius 3 is 3.00 bits per heavy atom. The van der Waals surface area contributed by atoms with Crippen molar-refractivity contribution in [1.29, 1.82) is 0 Å². The van der Waals surface area contributed by atoms with Crippen molar-refractivity contribution in [2.24, 2.45) is 10.9 Å². The molecule has 0 spiro atoms. The molecule has 0 saturated carbocycles. The van der Waals surface area contributed by atoms with Gasteiger partial charge < -0.3 is 9.72 Å². The third-order valence-corrected chi connectivity index (χ3v) is 6.35. The molecule has 1 aliphatic carbocycles. The zero-order chi connectivity index (χ0) is 19.5. The lowest BCUT2D eigenvalue weighted by Gasteiger charge is -2.25. The molecule has 3 unspecified atom stereocenters. The van der Waals surface area contributed by atoms with Gasteiger partial charge in [-0.05, 0) is 29.4 Å². The number of H-pyrrole nitrogens is 1. The van der Waals surface area contributed by atoms with Gasteiger partial charge in [0.15, 0.2) is 11.1 Å². The van der Waals surface area contributed by atoms with Crippen LogP contribution in [-0.4, -0.2) is 28.3 Å². The van der Waals surface area contributed by atoms with E-state index in [4.69, 9.17) is 9.72 Å². The van der Waals surface area contributed by atoms with Gasteiger partial charge in [-0.1, -0.05) is 43.0 Å². The summed E-state index contributed by atoms with van der Waals surface area (Å²) in [7, 11) is 0. The number of nitrogens with zero attached hydrogens (tertiary/aromatic N) is 2. The molecule has 3 heterocycles. The maximum absolute atomic E-state index is 13.5. The second-order valence-corrected chi connectivity index (χ2v) is 8.60. The summed E-state index contributed by atoms with van der Waals surface area (Å²) in [6.07, 6.45) is 10.7. The zero-order valence-corrected chi connectivity index (χ0v) is 17.4. The highest BCUT2D eigenvalue weighted by atomic mass is 32.2. The predicted molar refractivity (Wildman–Crippen MR) is 115 cm³/mol. The van der Waals surface area contributed by atoms with Gasteiger partial charge in [-0.2, -0.15) is 0 Å². The quantitative estimate of drug-likeness (QED) is 0.634. The van der Waals surface area contributed by atoms with Gasteiger partial charge >= 0.3 is 0 Å². The molecule has 4 nitrogen and oxygen atoms in total. The van der Waals surface area contributed by atoms with Crippen LogP contribution in [0.3, 0.4) is 0 Å². The first-order valence-corrected chi connectivity index (χ1v) is 11.3. The number of rotatable bonds is 5. The second-order valence-electron chi connectivity index (χ2n) is 6.77. The van der Waals surface area contributed by atoms with Crippen LogP contribution in [-0.2, 0) is 11.3 Å². The highest BCUT2D eigenvalue weighted by Gasteiger charge is 2.30. The zero-order valence-electron chi connectivity index (χ0n) is 15.8. The van der Waals surface area contributed by atoms with Crippen molar-refractivity contribution in [3.63, 3.8) is 0 Å². The van der Waals surface area contributed by atoms with E-state index in [1.54, 1.807) is 35.4 Å². The molecule has 3 atom stereocenters. The van der Waals surface area contributed by atoms with E-state index >= 15 is 0 Å². The molecule has 7 heteroatoms. The van der Waals surface area contributed by atoms with Crippen molar-refractivity contribution in [1.82, 2.24) is 9.97 Å². The van der Waals surface area contributed by atoms with E-state index in [2.05, 4.69) is 29.0 Å². The Balaban J connectivity index is 1.58. The molecule has 2 aromatic heterocycles. The standard InChI is InChI=1S/C21H22FN3OS2/c1-13-17(9-10-23-20(13)26-12-16-4-3-11-28-16)19-18(24-21(25-19)27-2)14-5-7-15(22)8-6-14/h3-7,9-11,13,15,17H,8,12H2,1-2H3,(H,24,25). The number of thioether (sulfide) groups is 1. The van der Waals surface area contributed by atoms with Crippen LogP contribution in [0.5, 0.6) is 0 Å². The van der Waals surface area contributed by atoms with E-state index < -0.39 is 6.17 Å². The molecule has 1 aliphatic heterocycles. The van der Waals surface area contributed by atoms with Crippen LogP contribution in [0.15, 0.2) is 58.2 Å². The first-order chi connectivity index (χ1) is 13.7. The summed E-state index contributed by atoms with van der Waals surface area (Å²) in [6.45, 7) is 2.65. The lowest BCUT2D eigenvalue weighted by molar-refractivity contribution is 0.269. The Labute approximate surface area is 172 Å². The molecule has 0 radical (unpaired) electrons. The van der Waals surface area contributed by atoms with E-state index in [9.17, 15) is 4.39 Å².